The molecular weight excluding hydrogens is 338 g/mol. The SMILES string of the molecule is CCOC(=O)c1nnn(Cc2cc(OC)ccc2Br)c1C. The molecule has 0 unspecified atom stereocenters. The highest BCUT2D eigenvalue weighted by Gasteiger charge is 2.18. The number of halogens is 1. The van der Waals surface area contributed by atoms with E-state index in [2.05, 4.69) is 26.2 Å². The summed E-state index contributed by atoms with van der Waals surface area (Å²) < 4.78 is 12.8. The van der Waals surface area contributed by atoms with Crippen LogP contribution in [-0.2, 0) is 11.3 Å². The Labute approximate surface area is 131 Å². The third-order valence-electron chi connectivity index (χ3n) is 3.02. The van der Waals surface area contributed by atoms with Gasteiger partial charge in [0.25, 0.3) is 0 Å². The molecule has 0 aliphatic heterocycles. The predicted molar refractivity (Wildman–Crippen MR) is 80.5 cm³/mol. The number of hydrogen-bond acceptors (Lipinski definition) is 5. The van der Waals surface area contributed by atoms with Gasteiger partial charge >= 0.3 is 5.97 Å². The van der Waals surface area contributed by atoms with Gasteiger partial charge in [0.2, 0.25) is 0 Å². The maximum atomic E-state index is 11.7. The van der Waals surface area contributed by atoms with E-state index in [1.54, 1.807) is 25.6 Å². The molecule has 0 spiro atoms. The zero-order chi connectivity index (χ0) is 15.4. The average molecular weight is 354 g/mol. The van der Waals surface area contributed by atoms with Crippen LogP contribution in [0.1, 0.15) is 28.7 Å². The number of nitrogens with zero attached hydrogens (tertiary/aromatic N) is 3. The Morgan fingerprint density at radius 2 is 2.19 bits per heavy atom. The molecule has 112 valence electrons. The first-order valence-electron chi connectivity index (χ1n) is 6.46. The lowest BCUT2D eigenvalue weighted by Crippen LogP contribution is -2.09. The van der Waals surface area contributed by atoms with E-state index in [9.17, 15) is 4.79 Å². The van der Waals surface area contributed by atoms with Gasteiger partial charge in [-0.1, -0.05) is 21.1 Å². The van der Waals surface area contributed by atoms with Gasteiger partial charge in [-0.05, 0) is 37.6 Å². The molecule has 0 bridgehead atoms. The highest BCUT2D eigenvalue weighted by Crippen LogP contribution is 2.23. The molecule has 0 saturated heterocycles. The van der Waals surface area contributed by atoms with Gasteiger partial charge in [0.05, 0.1) is 26.0 Å². The minimum atomic E-state index is -0.453. The molecule has 7 heteroatoms. The van der Waals surface area contributed by atoms with E-state index in [4.69, 9.17) is 9.47 Å². The Morgan fingerprint density at radius 3 is 2.86 bits per heavy atom. The third-order valence-corrected chi connectivity index (χ3v) is 3.80. The lowest BCUT2D eigenvalue weighted by Gasteiger charge is -2.08. The second-order valence-corrected chi connectivity index (χ2v) is 5.21. The molecule has 1 aromatic carbocycles. The summed E-state index contributed by atoms with van der Waals surface area (Å²) >= 11 is 3.49. The van der Waals surface area contributed by atoms with Gasteiger partial charge in [0, 0.05) is 4.47 Å². The fourth-order valence-corrected chi connectivity index (χ4v) is 2.23. The number of carbonyl (C=O) groups excluding carboxylic acids is 1. The Balaban J connectivity index is 2.26. The molecule has 0 fully saturated rings. The van der Waals surface area contributed by atoms with Gasteiger partial charge in [-0.15, -0.1) is 5.10 Å². The van der Waals surface area contributed by atoms with E-state index in [0.717, 1.165) is 15.8 Å². The zero-order valence-corrected chi connectivity index (χ0v) is 13.7. The molecule has 0 atom stereocenters. The third kappa shape index (κ3) is 3.41. The van der Waals surface area contributed by atoms with Gasteiger partial charge in [-0.25, -0.2) is 9.48 Å². The van der Waals surface area contributed by atoms with E-state index in [1.165, 1.54) is 0 Å². The molecule has 0 amide bonds. The number of carbonyl (C=O) groups is 1. The van der Waals surface area contributed by atoms with Crippen molar-refractivity contribution < 1.29 is 14.3 Å². The van der Waals surface area contributed by atoms with Gasteiger partial charge < -0.3 is 9.47 Å². The first kappa shape index (κ1) is 15.5. The fraction of sp³-hybridized carbons (Fsp3) is 0.357. The zero-order valence-electron chi connectivity index (χ0n) is 12.1. The molecule has 2 rings (SSSR count). The summed E-state index contributed by atoms with van der Waals surface area (Å²) in [5.74, 6) is 0.308. The van der Waals surface area contributed by atoms with Crippen LogP contribution in [0.15, 0.2) is 22.7 Å². The Hall–Kier alpha value is -1.89. The number of benzene rings is 1. The second-order valence-electron chi connectivity index (χ2n) is 4.36. The van der Waals surface area contributed by atoms with Gasteiger partial charge in [0.1, 0.15) is 5.75 Å². The molecule has 0 aliphatic carbocycles. The van der Waals surface area contributed by atoms with E-state index < -0.39 is 5.97 Å². The topological polar surface area (TPSA) is 66.2 Å². The fourth-order valence-electron chi connectivity index (χ4n) is 1.86. The summed E-state index contributed by atoms with van der Waals surface area (Å²) in [6.07, 6.45) is 0. The molecule has 6 nitrogen and oxygen atoms in total. The molecule has 21 heavy (non-hydrogen) atoms. The van der Waals surface area contributed by atoms with Crippen LogP contribution < -0.4 is 4.74 Å². The lowest BCUT2D eigenvalue weighted by atomic mass is 10.2. The van der Waals surface area contributed by atoms with Crippen LogP contribution in [0.2, 0.25) is 0 Å². The summed E-state index contributed by atoms with van der Waals surface area (Å²) in [5.41, 5.74) is 1.90. The number of aromatic nitrogens is 3. The number of methoxy groups -OCH3 is 1. The summed E-state index contributed by atoms with van der Waals surface area (Å²) in [6.45, 7) is 4.34. The summed E-state index contributed by atoms with van der Waals surface area (Å²) in [5, 5.41) is 7.91. The molecule has 0 saturated carbocycles. The van der Waals surface area contributed by atoms with Gasteiger partial charge in [0.15, 0.2) is 5.69 Å². The molecule has 0 radical (unpaired) electrons. The maximum Gasteiger partial charge on any atom is 0.360 e. The van der Waals surface area contributed by atoms with Crippen molar-refractivity contribution in [2.24, 2.45) is 0 Å². The standard InChI is InChI=1S/C14H16BrN3O3/c1-4-21-14(19)13-9(2)18(17-16-13)8-10-7-11(20-3)5-6-12(10)15/h5-7H,4,8H2,1-3H3. The Bertz CT molecular complexity index is 655. The highest BCUT2D eigenvalue weighted by molar-refractivity contribution is 9.10. The van der Waals surface area contributed by atoms with Crippen molar-refractivity contribution in [3.63, 3.8) is 0 Å². The van der Waals surface area contributed by atoms with Crippen LogP contribution in [-0.4, -0.2) is 34.7 Å². The van der Waals surface area contributed by atoms with E-state index >= 15 is 0 Å². The van der Waals surface area contributed by atoms with Crippen molar-refractivity contribution >= 4 is 21.9 Å². The van der Waals surface area contributed by atoms with Crippen molar-refractivity contribution in [2.45, 2.75) is 20.4 Å². The Kier molecular flexibility index (Phi) is 4.95. The summed E-state index contributed by atoms with van der Waals surface area (Å²) in [4.78, 5) is 11.7. The molecule has 1 aromatic heterocycles. The van der Waals surface area contributed by atoms with Gasteiger partial charge in [-0.3, -0.25) is 0 Å². The minimum absolute atomic E-state index is 0.246. The molecule has 2 aromatic rings. The van der Waals surface area contributed by atoms with Crippen molar-refractivity contribution in [1.29, 1.82) is 0 Å². The number of hydrogen-bond donors (Lipinski definition) is 0. The van der Waals surface area contributed by atoms with Crippen molar-refractivity contribution in [3.8, 4) is 5.75 Å². The van der Waals surface area contributed by atoms with E-state index in [-0.39, 0.29) is 5.69 Å². The molecule has 0 N–H and O–H groups in total. The summed E-state index contributed by atoms with van der Waals surface area (Å²) in [6, 6.07) is 5.69. The smallest absolute Gasteiger partial charge is 0.360 e. The minimum Gasteiger partial charge on any atom is -0.497 e. The average Bonchev–Trinajstić information content (AvgIpc) is 2.83. The monoisotopic (exact) mass is 353 g/mol. The quantitative estimate of drug-likeness (QED) is 0.773. The van der Waals surface area contributed by atoms with Crippen LogP contribution in [0, 0.1) is 6.92 Å². The van der Waals surface area contributed by atoms with E-state index in [1.807, 2.05) is 18.2 Å². The molecule has 1 heterocycles. The van der Waals surface area contributed by atoms with Crippen LogP contribution in [0.5, 0.6) is 5.75 Å². The van der Waals surface area contributed by atoms with Crippen molar-refractivity contribution in [2.75, 3.05) is 13.7 Å². The maximum absolute atomic E-state index is 11.7. The molecular formula is C14H16BrN3O3. The second kappa shape index (κ2) is 6.71. The first-order valence-corrected chi connectivity index (χ1v) is 7.25. The van der Waals surface area contributed by atoms with Crippen molar-refractivity contribution in [3.05, 3.63) is 39.6 Å². The Morgan fingerprint density at radius 1 is 1.43 bits per heavy atom. The van der Waals surface area contributed by atoms with Crippen LogP contribution in [0.4, 0.5) is 0 Å². The number of esters is 1. The van der Waals surface area contributed by atoms with Crippen LogP contribution in [0.25, 0.3) is 0 Å². The number of ether oxygens (including phenoxy) is 2. The summed E-state index contributed by atoms with van der Waals surface area (Å²) in [7, 11) is 1.62. The van der Waals surface area contributed by atoms with Crippen molar-refractivity contribution in [1.82, 2.24) is 15.0 Å². The predicted octanol–water partition coefficient (Wildman–Crippen LogP) is 2.58. The number of rotatable bonds is 5. The largest absolute Gasteiger partial charge is 0.497 e. The highest BCUT2D eigenvalue weighted by atomic mass is 79.9. The normalized spacial score (nSPS) is 10.5. The lowest BCUT2D eigenvalue weighted by molar-refractivity contribution is 0.0518. The van der Waals surface area contributed by atoms with Crippen LogP contribution in [0.3, 0.4) is 0 Å². The van der Waals surface area contributed by atoms with Gasteiger partial charge in [-0.2, -0.15) is 0 Å². The molecule has 0 aliphatic rings. The van der Waals surface area contributed by atoms with E-state index in [0.29, 0.717) is 18.8 Å². The first-order chi connectivity index (χ1) is 10.1. The van der Waals surface area contributed by atoms with Crippen LogP contribution >= 0.6 is 15.9 Å².